The highest BCUT2D eigenvalue weighted by molar-refractivity contribution is 9.10. The summed E-state index contributed by atoms with van der Waals surface area (Å²) in [5.41, 5.74) is 9.46. The SMILES string of the molecule is Nc1ccc(Br)c(C(=O)NC2CCc3ccccc32)c1. The maximum Gasteiger partial charge on any atom is 0.252 e. The van der Waals surface area contributed by atoms with E-state index in [4.69, 9.17) is 5.73 Å². The van der Waals surface area contributed by atoms with Gasteiger partial charge in [-0.3, -0.25) is 4.79 Å². The van der Waals surface area contributed by atoms with Crippen LogP contribution in [0.1, 0.15) is 33.9 Å². The van der Waals surface area contributed by atoms with Gasteiger partial charge in [-0.15, -0.1) is 0 Å². The average molecular weight is 331 g/mol. The molecule has 102 valence electrons. The van der Waals surface area contributed by atoms with Gasteiger partial charge in [0.1, 0.15) is 0 Å². The fraction of sp³-hybridized carbons (Fsp3) is 0.188. The van der Waals surface area contributed by atoms with Crippen LogP contribution in [0, 0.1) is 0 Å². The van der Waals surface area contributed by atoms with Crippen molar-refractivity contribution in [3.05, 3.63) is 63.6 Å². The maximum absolute atomic E-state index is 12.4. The molecular formula is C16H15BrN2O. The van der Waals surface area contributed by atoms with E-state index >= 15 is 0 Å². The highest BCUT2D eigenvalue weighted by Gasteiger charge is 2.24. The molecule has 2 aromatic rings. The van der Waals surface area contributed by atoms with Crippen LogP contribution >= 0.6 is 15.9 Å². The highest BCUT2D eigenvalue weighted by atomic mass is 79.9. The zero-order valence-corrected chi connectivity index (χ0v) is 12.5. The molecule has 0 aliphatic heterocycles. The van der Waals surface area contributed by atoms with Crippen LogP contribution in [-0.2, 0) is 6.42 Å². The molecule has 1 aliphatic rings. The van der Waals surface area contributed by atoms with Gasteiger partial charge in [-0.2, -0.15) is 0 Å². The number of nitrogens with two attached hydrogens (primary N) is 1. The molecule has 3 N–H and O–H groups in total. The van der Waals surface area contributed by atoms with Gasteiger partial charge in [0, 0.05) is 10.2 Å². The van der Waals surface area contributed by atoms with E-state index in [1.165, 1.54) is 11.1 Å². The summed E-state index contributed by atoms with van der Waals surface area (Å²) in [6, 6.07) is 13.6. The van der Waals surface area contributed by atoms with E-state index < -0.39 is 0 Å². The number of rotatable bonds is 2. The molecule has 0 heterocycles. The summed E-state index contributed by atoms with van der Waals surface area (Å²) in [5, 5.41) is 3.09. The number of amides is 1. The first-order chi connectivity index (χ1) is 9.65. The van der Waals surface area contributed by atoms with Gasteiger partial charge in [-0.05, 0) is 58.1 Å². The van der Waals surface area contributed by atoms with Crippen molar-refractivity contribution in [2.45, 2.75) is 18.9 Å². The number of hydrogen-bond acceptors (Lipinski definition) is 2. The molecule has 0 spiro atoms. The molecule has 0 aromatic heterocycles. The number of anilines is 1. The fourth-order valence-electron chi connectivity index (χ4n) is 2.66. The lowest BCUT2D eigenvalue weighted by Crippen LogP contribution is -2.27. The predicted molar refractivity (Wildman–Crippen MR) is 83.5 cm³/mol. The van der Waals surface area contributed by atoms with Crippen LogP contribution in [0.15, 0.2) is 46.9 Å². The van der Waals surface area contributed by atoms with Gasteiger partial charge < -0.3 is 11.1 Å². The van der Waals surface area contributed by atoms with E-state index in [2.05, 4.69) is 33.4 Å². The Morgan fingerprint density at radius 2 is 2.05 bits per heavy atom. The lowest BCUT2D eigenvalue weighted by Gasteiger charge is -2.15. The van der Waals surface area contributed by atoms with Crippen molar-refractivity contribution in [2.75, 3.05) is 5.73 Å². The molecular weight excluding hydrogens is 316 g/mol. The van der Waals surface area contributed by atoms with Gasteiger partial charge in [-0.1, -0.05) is 24.3 Å². The van der Waals surface area contributed by atoms with Crippen LogP contribution in [0.2, 0.25) is 0 Å². The molecule has 1 amide bonds. The van der Waals surface area contributed by atoms with Crippen molar-refractivity contribution in [2.24, 2.45) is 0 Å². The number of aryl methyl sites for hydroxylation is 1. The van der Waals surface area contributed by atoms with E-state index in [9.17, 15) is 4.79 Å². The van der Waals surface area contributed by atoms with Crippen LogP contribution in [0.25, 0.3) is 0 Å². The first kappa shape index (κ1) is 13.2. The summed E-state index contributed by atoms with van der Waals surface area (Å²) in [4.78, 5) is 12.4. The largest absolute Gasteiger partial charge is 0.399 e. The summed E-state index contributed by atoms with van der Waals surface area (Å²) >= 11 is 3.40. The van der Waals surface area contributed by atoms with Crippen LogP contribution in [-0.4, -0.2) is 5.91 Å². The zero-order chi connectivity index (χ0) is 14.1. The third-order valence-corrected chi connectivity index (χ3v) is 4.36. The second-order valence-corrected chi connectivity index (χ2v) is 5.86. The van der Waals surface area contributed by atoms with Crippen LogP contribution in [0.3, 0.4) is 0 Å². The topological polar surface area (TPSA) is 55.1 Å². The van der Waals surface area contributed by atoms with Gasteiger partial charge in [0.2, 0.25) is 0 Å². The Bertz CT molecular complexity index is 669. The second kappa shape index (κ2) is 5.29. The first-order valence-electron chi connectivity index (χ1n) is 6.59. The summed E-state index contributed by atoms with van der Waals surface area (Å²) in [5.74, 6) is -0.0918. The molecule has 4 heteroatoms. The predicted octanol–water partition coefficient (Wildman–Crippen LogP) is 3.45. The van der Waals surface area contributed by atoms with E-state index in [0.717, 1.165) is 17.3 Å². The Kier molecular flexibility index (Phi) is 3.49. The molecule has 1 atom stereocenters. The molecule has 0 radical (unpaired) electrons. The number of nitrogens with one attached hydrogen (secondary N) is 1. The van der Waals surface area contributed by atoms with E-state index in [0.29, 0.717) is 11.3 Å². The third-order valence-electron chi connectivity index (χ3n) is 3.67. The van der Waals surface area contributed by atoms with Crippen molar-refractivity contribution in [3.8, 4) is 0 Å². The molecule has 3 rings (SSSR count). The van der Waals surface area contributed by atoms with Crippen LogP contribution < -0.4 is 11.1 Å². The molecule has 0 saturated carbocycles. The Labute approximate surface area is 126 Å². The van der Waals surface area contributed by atoms with Crippen molar-refractivity contribution in [3.63, 3.8) is 0 Å². The standard InChI is InChI=1S/C16H15BrN2O/c17-14-7-6-11(18)9-13(14)16(20)19-15-8-5-10-3-1-2-4-12(10)15/h1-4,6-7,9,15H,5,8,18H2,(H,19,20). The summed E-state index contributed by atoms with van der Waals surface area (Å²) in [6.45, 7) is 0. The Morgan fingerprint density at radius 1 is 1.25 bits per heavy atom. The number of carbonyl (C=O) groups is 1. The average Bonchev–Trinajstić information content (AvgIpc) is 2.85. The van der Waals surface area contributed by atoms with Gasteiger partial charge in [-0.25, -0.2) is 0 Å². The normalized spacial score (nSPS) is 16.8. The fourth-order valence-corrected chi connectivity index (χ4v) is 3.09. The number of nitrogen functional groups attached to an aromatic ring is 1. The molecule has 0 saturated heterocycles. The monoisotopic (exact) mass is 330 g/mol. The quantitative estimate of drug-likeness (QED) is 0.828. The Balaban J connectivity index is 1.82. The van der Waals surface area contributed by atoms with E-state index in [1.54, 1.807) is 18.2 Å². The van der Waals surface area contributed by atoms with Crippen molar-refractivity contribution in [1.29, 1.82) is 0 Å². The summed E-state index contributed by atoms with van der Waals surface area (Å²) < 4.78 is 0.760. The van der Waals surface area contributed by atoms with Gasteiger partial charge in [0.05, 0.1) is 11.6 Å². The van der Waals surface area contributed by atoms with Crippen molar-refractivity contribution >= 4 is 27.5 Å². The van der Waals surface area contributed by atoms with E-state index in [-0.39, 0.29) is 11.9 Å². The number of carbonyl (C=O) groups excluding carboxylic acids is 1. The molecule has 20 heavy (non-hydrogen) atoms. The second-order valence-electron chi connectivity index (χ2n) is 5.00. The van der Waals surface area contributed by atoms with Gasteiger partial charge in [0.25, 0.3) is 5.91 Å². The molecule has 2 aromatic carbocycles. The number of halogens is 1. The highest BCUT2D eigenvalue weighted by Crippen LogP contribution is 2.31. The lowest BCUT2D eigenvalue weighted by molar-refractivity contribution is 0.0936. The summed E-state index contributed by atoms with van der Waals surface area (Å²) in [6.07, 6.45) is 1.96. The Morgan fingerprint density at radius 3 is 2.90 bits per heavy atom. The number of fused-ring (bicyclic) bond motifs is 1. The summed E-state index contributed by atoms with van der Waals surface area (Å²) in [7, 11) is 0. The number of benzene rings is 2. The smallest absolute Gasteiger partial charge is 0.252 e. The number of hydrogen-bond donors (Lipinski definition) is 2. The van der Waals surface area contributed by atoms with Gasteiger partial charge in [0.15, 0.2) is 0 Å². The third kappa shape index (κ3) is 2.43. The van der Waals surface area contributed by atoms with Gasteiger partial charge >= 0.3 is 0 Å². The van der Waals surface area contributed by atoms with Crippen LogP contribution in [0.5, 0.6) is 0 Å². The maximum atomic E-state index is 12.4. The molecule has 0 fully saturated rings. The lowest BCUT2D eigenvalue weighted by atomic mass is 10.1. The minimum Gasteiger partial charge on any atom is -0.399 e. The molecule has 0 bridgehead atoms. The minimum absolute atomic E-state index is 0.0898. The van der Waals surface area contributed by atoms with Crippen molar-refractivity contribution < 1.29 is 4.79 Å². The van der Waals surface area contributed by atoms with Crippen LogP contribution in [0.4, 0.5) is 5.69 Å². The Hall–Kier alpha value is -1.81. The minimum atomic E-state index is -0.0918. The van der Waals surface area contributed by atoms with E-state index in [1.807, 2.05) is 12.1 Å². The molecule has 1 unspecified atom stereocenters. The zero-order valence-electron chi connectivity index (χ0n) is 10.9. The molecule has 1 aliphatic carbocycles. The molecule has 3 nitrogen and oxygen atoms in total. The first-order valence-corrected chi connectivity index (χ1v) is 7.38. The van der Waals surface area contributed by atoms with Crippen molar-refractivity contribution in [1.82, 2.24) is 5.32 Å².